The molecule has 0 unspecified atom stereocenters. The van der Waals surface area contributed by atoms with Crippen molar-refractivity contribution in [1.82, 2.24) is 4.90 Å². The zero-order valence-electron chi connectivity index (χ0n) is 13.8. The minimum Gasteiger partial charge on any atom is -0.491 e. The molecule has 0 bridgehead atoms. The highest BCUT2D eigenvalue weighted by Crippen LogP contribution is 2.26. The van der Waals surface area contributed by atoms with E-state index in [9.17, 15) is 9.59 Å². The molecular weight excluding hydrogens is 322 g/mol. The molecule has 2 aromatic carbocycles. The van der Waals surface area contributed by atoms with Gasteiger partial charge in [0, 0.05) is 11.1 Å². The average Bonchev–Trinajstić information content (AvgIpc) is 2.79. The lowest BCUT2D eigenvalue weighted by Crippen LogP contribution is -2.39. The number of carbonyl (C=O) groups is 2. The summed E-state index contributed by atoms with van der Waals surface area (Å²) in [5.74, 6) is -0.0595. The number of rotatable bonds is 4. The number of hydrogen-bond acceptors (Lipinski definition) is 4. The fraction of sp³-hybridized carbons (Fsp3) is 0.263. The van der Waals surface area contributed by atoms with Crippen molar-refractivity contribution in [2.45, 2.75) is 19.5 Å². The molecule has 0 saturated heterocycles. The van der Waals surface area contributed by atoms with Gasteiger partial charge in [0.2, 0.25) is 0 Å². The molecule has 25 heavy (non-hydrogen) atoms. The van der Waals surface area contributed by atoms with Crippen molar-refractivity contribution >= 4 is 11.9 Å². The molecule has 1 N–H and O–H groups in total. The molecule has 2 aromatic rings. The van der Waals surface area contributed by atoms with Crippen LogP contribution in [0.15, 0.2) is 48.5 Å². The highest BCUT2D eigenvalue weighted by molar-refractivity contribution is 5.95. The Morgan fingerprint density at radius 3 is 2.84 bits per heavy atom. The summed E-state index contributed by atoms with van der Waals surface area (Å²) >= 11 is 0. The molecule has 0 aromatic heterocycles. The first kappa shape index (κ1) is 16.8. The second-order valence-corrected chi connectivity index (χ2v) is 5.91. The van der Waals surface area contributed by atoms with E-state index < -0.39 is 12.6 Å². The number of amides is 1. The van der Waals surface area contributed by atoms with Crippen molar-refractivity contribution in [3.8, 4) is 11.5 Å². The van der Waals surface area contributed by atoms with Crippen LogP contribution in [0.1, 0.15) is 22.8 Å². The van der Waals surface area contributed by atoms with Gasteiger partial charge in [-0.3, -0.25) is 4.79 Å². The summed E-state index contributed by atoms with van der Waals surface area (Å²) in [6.07, 6.45) is 0. The van der Waals surface area contributed by atoms with Crippen LogP contribution in [-0.2, 0) is 11.3 Å². The smallest absolute Gasteiger partial charge is 0.341 e. The lowest BCUT2D eigenvalue weighted by molar-refractivity contribution is -0.139. The molecule has 1 heterocycles. The van der Waals surface area contributed by atoms with Crippen molar-refractivity contribution in [2.24, 2.45) is 0 Å². The van der Waals surface area contributed by atoms with E-state index in [-0.39, 0.29) is 11.9 Å². The normalized spacial score (nSPS) is 16.4. The highest BCUT2D eigenvalue weighted by atomic mass is 16.5. The molecule has 0 aliphatic carbocycles. The van der Waals surface area contributed by atoms with E-state index >= 15 is 0 Å². The van der Waals surface area contributed by atoms with Crippen LogP contribution in [-0.4, -0.2) is 41.1 Å². The molecule has 1 aliphatic rings. The minimum absolute atomic E-state index is 0.0940. The fourth-order valence-electron chi connectivity index (χ4n) is 2.72. The lowest BCUT2D eigenvalue weighted by Gasteiger charge is -2.26. The summed E-state index contributed by atoms with van der Waals surface area (Å²) in [4.78, 5) is 25.3. The molecule has 1 amide bonds. The van der Waals surface area contributed by atoms with Crippen LogP contribution in [0.25, 0.3) is 0 Å². The Balaban J connectivity index is 1.82. The van der Waals surface area contributed by atoms with Crippen molar-refractivity contribution in [2.75, 3.05) is 13.2 Å². The van der Waals surface area contributed by atoms with E-state index in [4.69, 9.17) is 14.6 Å². The Morgan fingerprint density at radius 2 is 2.04 bits per heavy atom. The third kappa shape index (κ3) is 3.91. The third-order valence-corrected chi connectivity index (χ3v) is 4.03. The highest BCUT2D eigenvalue weighted by Gasteiger charge is 2.26. The molecule has 0 radical (unpaired) electrons. The maximum atomic E-state index is 13.0. The van der Waals surface area contributed by atoms with Crippen LogP contribution < -0.4 is 9.47 Å². The molecule has 1 aliphatic heterocycles. The first-order valence-corrected chi connectivity index (χ1v) is 8.01. The van der Waals surface area contributed by atoms with Crippen LogP contribution in [0.2, 0.25) is 0 Å². The van der Waals surface area contributed by atoms with Gasteiger partial charge in [0.05, 0.1) is 12.6 Å². The van der Waals surface area contributed by atoms with Gasteiger partial charge in [0.25, 0.3) is 5.91 Å². The quantitative estimate of drug-likeness (QED) is 0.925. The largest absolute Gasteiger partial charge is 0.491 e. The van der Waals surface area contributed by atoms with Crippen LogP contribution in [0.5, 0.6) is 11.5 Å². The Hall–Kier alpha value is -3.02. The monoisotopic (exact) mass is 341 g/mol. The number of ether oxygens (including phenoxy) is 2. The Kier molecular flexibility index (Phi) is 4.88. The zero-order chi connectivity index (χ0) is 17.8. The second kappa shape index (κ2) is 7.25. The summed E-state index contributed by atoms with van der Waals surface area (Å²) in [6.45, 7) is 2.36. The van der Waals surface area contributed by atoms with Crippen molar-refractivity contribution in [3.63, 3.8) is 0 Å². The summed E-state index contributed by atoms with van der Waals surface area (Å²) in [5.41, 5.74) is 1.41. The van der Waals surface area contributed by atoms with Crippen molar-refractivity contribution < 1.29 is 24.2 Å². The standard InChI is InChI=1S/C19H19NO5/c1-13-11-25-17-8-3-2-5-15(17)10-20(13)19(23)14-6-4-7-16(9-14)24-12-18(21)22/h2-9,13H,10-12H2,1H3,(H,21,22)/t13-/m0/s1. The number of hydrogen-bond donors (Lipinski definition) is 1. The minimum atomic E-state index is -1.06. The fourth-order valence-corrected chi connectivity index (χ4v) is 2.72. The average molecular weight is 341 g/mol. The first-order valence-electron chi connectivity index (χ1n) is 8.01. The summed E-state index contributed by atoms with van der Waals surface area (Å²) in [7, 11) is 0. The van der Waals surface area contributed by atoms with Gasteiger partial charge in [-0.25, -0.2) is 4.79 Å². The molecule has 130 valence electrons. The second-order valence-electron chi connectivity index (χ2n) is 5.91. The number of carbonyl (C=O) groups excluding carboxylic acids is 1. The van der Waals surface area contributed by atoms with Crippen LogP contribution in [0.4, 0.5) is 0 Å². The SMILES string of the molecule is C[C@H]1COc2ccccc2CN1C(=O)c1cccc(OCC(=O)O)c1. The van der Waals surface area contributed by atoms with Gasteiger partial charge in [-0.05, 0) is 31.2 Å². The first-order chi connectivity index (χ1) is 12.0. The topological polar surface area (TPSA) is 76.1 Å². The maximum Gasteiger partial charge on any atom is 0.341 e. The predicted molar refractivity (Wildman–Crippen MR) is 90.8 cm³/mol. The number of fused-ring (bicyclic) bond motifs is 1. The van der Waals surface area contributed by atoms with Gasteiger partial charge in [0.1, 0.15) is 18.1 Å². The van der Waals surface area contributed by atoms with Gasteiger partial charge in [0.15, 0.2) is 6.61 Å². The number of carboxylic acids is 1. The van der Waals surface area contributed by atoms with E-state index in [0.717, 1.165) is 11.3 Å². The van der Waals surface area contributed by atoms with Crippen LogP contribution >= 0.6 is 0 Å². The number of carboxylic acid groups (broad SMARTS) is 1. The molecule has 0 spiro atoms. The Labute approximate surface area is 145 Å². The van der Waals surface area contributed by atoms with E-state index in [0.29, 0.717) is 24.5 Å². The zero-order valence-corrected chi connectivity index (χ0v) is 13.8. The van der Waals surface area contributed by atoms with Gasteiger partial charge in [-0.1, -0.05) is 24.3 Å². The van der Waals surface area contributed by atoms with E-state index in [1.165, 1.54) is 0 Å². The Morgan fingerprint density at radius 1 is 1.24 bits per heavy atom. The van der Waals surface area contributed by atoms with Crippen molar-refractivity contribution in [1.29, 1.82) is 0 Å². The Bertz CT molecular complexity index is 789. The lowest BCUT2D eigenvalue weighted by atomic mass is 10.1. The van der Waals surface area contributed by atoms with Gasteiger partial charge in [-0.15, -0.1) is 0 Å². The summed E-state index contributed by atoms with van der Waals surface area (Å²) < 4.78 is 10.9. The molecule has 3 rings (SSSR count). The molecular formula is C19H19NO5. The van der Waals surface area contributed by atoms with E-state index in [1.54, 1.807) is 29.2 Å². The van der Waals surface area contributed by atoms with E-state index in [2.05, 4.69) is 0 Å². The summed E-state index contributed by atoms with van der Waals surface area (Å²) in [6, 6.07) is 14.1. The molecule has 0 saturated carbocycles. The van der Waals surface area contributed by atoms with Gasteiger partial charge >= 0.3 is 5.97 Å². The molecule has 0 fully saturated rings. The third-order valence-electron chi connectivity index (χ3n) is 4.03. The van der Waals surface area contributed by atoms with Crippen molar-refractivity contribution in [3.05, 3.63) is 59.7 Å². The maximum absolute atomic E-state index is 13.0. The predicted octanol–water partition coefficient (Wildman–Crippen LogP) is 2.57. The molecule has 1 atom stereocenters. The molecule has 6 heteroatoms. The molecule has 6 nitrogen and oxygen atoms in total. The van der Waals surface area contributed by atoms with E-state index in [1.807, 2.05) is 31.2 Å². The number of para-hydroxylation sites is 1. The number of aliphatic carboxylic acids is 1. The van der Waals surface area contributed by atoms with Crippen LogP contribution in [0, 0.1) is 0 Å². The van der Waals surface area contributed by atoms with Gasteiger partial charge in [-0.2, -0.15) is 0 Å². The number of benzene rings is 2. The van der Waals surface area contributed by atoms with Crippen LogP contribution in [0.3, 0.4) is 0 Å². The summed E-state index contributed by atoms with van der Waals surface area (Å²) in [5, 5.41) is 8.70. The van der Waals surface area contributed by atoms with Gasteiger partial charge < -0.3 is 19.5 Å². The number of nitrogens with zero attached hydrogens (tertiary/aromatic N) is 1.